The van der Waals surface area contributed by atoms with Crippen LogP contribution < -0.4 is 5.32 Å². The molecule has 0 saturated carbocycles. The fraction of sp³-hybridized carbons (Fsp3) is 0.636. The van der Waals surface area contributed by atoms with Gasteiger partial charge in [0.2, 0.25) is 0 Å². The van der Waals surface area contributed by atoms with Gasteiger partial charge >= 0.3 is 6.03 Å². The topological polar surface area (TPSA) is 55.9 Å². The van der Waals surface area contributed by atoms with Gasteiger partial charge in [-0.3, -0.25) is 9.69 Å². The molecular weight excluding hydrogens is 371 g/mol. The van der Waals surface area contributed by atoms with Gasteiger partial charge in [-0.25, -0.2) is 9.18 Å². The van der Waals surface area contributed by atoms with Gasteiger partial charge in [0.15, 0.2) is 0 Å². The largest absolute Gasteiger partial charge is 0.336 e. The third-order valence-electron chi connectivity index (χ3n) is 6.00. The maximum atomic E-state index is 13.9. The van der Waals surface area contributed by atoms with Crippen LogP contribution in [0.25, 0.3) is 0 Å². The Bertz CT molecular complexity index is 691. The maximum absolute atomic E-state index is 13.9. The second kappa shape index (κ2) is 10.6. The summed E-state index contributed by atoms with van der Waals surface area (Å²) >= 11 is 0. The first kappa shape index (κ1) is 21.6. The van der Waals surface area contributed by atoms with Crippen LogP contribution in [0.4, 0.5) is 9.18 Å². The third kappa shape index (κ3) is 5.69. The van der Waals surface area contributed by atoms with Crippen LogP contribution in [-0.4, -0.2) is 78.5 Å². The van der Waals surface area contributed by atoms with Gasteiger partial charge in [-0.05, 0) is 44.5 Å². The number of urea groups is 1. The van der Waals surface area contributed by atoms with E-state index in [0.717, 1.165) is 19.5 Å². The summed E-state index contributed by atoms with van der Waals surface area (Å²) in [6.45, 7) is 6.89. The molecular formula is C22H33FN4O2. The summed E-state index contributed by atoms with van der Waals surface area (Å²) in [5, 5.41) is 3.10. The number of benzene rings is 1. The number of nitrogens with zero attached hydrogens (tertiary/aromatic N) is 3. The summed E-state index contributed by atoms with van der Waals surface area (Å²) in [4.78, 5) is 31.0. The highest BCUT2D eigenvalue weighted by Gasteiger charge is 2.27. The minimum atomic E-state index is -0.502. The Balaban J connectivity index is 1.45. The Hall–Kier alpha value is -2.15. The first-order valence-electron chi connectivity index (χ1n) is 10.9. The quantitative estimate of drug-likeness (QED) is 0.793. The highest BCUT2D eigenvalue weighted by molar-refractivity contribution is 5.94. The van der Waals surface area contributed by atoms with Gasteiger partial charge < -0.3 is 15.1 Å². The van der Waals surface area contributed by atoms with Crippen molar-refractivity contribution in [2.24, 2.45) is 0 Å². The highest BCUT2D eigenvalue weighted by atomic mass is 19.1. The van der Waals surface area contributed by atoms with Crippen LogP contribution in [-0.2, 0) is 0 Å². The molecule has 2 fully saturated rings. The molecule has 1 unspecified atom stereocenters. The first-order chi connectivity index (χ1) is 14.1. The fourth-order valence-corrected chi connectivity index (χ4v) is 4.18. The molecule has 0 bridgehead atoms. The van der Waals surface area contributed by atoms with Crippen LogP contribution in [0.1, 0.15) is 49.4 Å². The van der Waals surface area contributed by atoms with Crippen LogP contribution in [0.15, 0.2) is 24.3 Å². The van der Waals surface area contributed by atoms with Crippen molar-refractivity contribution >= 4 is 11.9 Å². The number of carbonyl (C=O) groups excluding carboxylic acids is 2. The molecule has 0 radical (unpaired) electrons. The molecule has 0 aliphatic carbocycles. The summed E-state index contributed by atoms with van der Waals surface area (Å²) in [5.74, 6) is -0.810. The number of unbranched alkanes of at least 4 members (excludes halogenated alkanes) is 1. The number of piperidine rings is 1. The highest BCUT2D eigenvalue weighted by Crippen LogP contribution is 2.17. The van der Waals surface area contributed by atoms with E-state index in [1.807, 2.05) is 0 Å². The average Bonchev–Trinajstić information content (AvgIpc) is 2.76. The molecule has 1 atom stereocenters. The Kier molecular flexibility index (Phi) is 7.86. The van der Waals surface area contributed by atoms with Crippen molar-refractivity contribution in [2.75, 3.05) is 45.8 Å². The van der Waals surface area contributed by atoms with Crippen LogP contribution >= 0.6 is 0 Å². The van der Waals surface area contributed by atoms with Gasteiger partial charge in [0.05, 0.1) is 5.56 Å². The van der Waals surface area contributed by atoms with Crippen molar-refractivity contribution < 1.29 is 14.0 Å². The fourth-order valence-electron chi connectivity index (χ4n) is 4.18. The number of amides is 3. The number of carbonyl (C=O) groups is 2. The molecule has 3 amide bonds. The van der Waals surface area contributed by atoms with Gasteiger partial charge in [-0.1, -0.05) is 31.9 Å². The van der Waals surface area contributed by atoms with Crippen molar-refractivity contribution in [1.29, 1.82) is 0 Å². The average molecular weight is 405 g/mol. The normalized spacial score (nSPS) is 20.6. The van der Waals surface area contributed by atoms with E-state index in [1.165, 1.54) is 37.8 Å². The summed E-state index contributed by atoms with van der Waals surface area (Å²) in [7, 11) is 0. The lowest BCUT2D eigenvalue weighted by molar-refractivity contribution is 0.0658. The number of halogens is 1. The van der Waals surface area contributed by atoms with Crippen molar-refractivity contribution in [3.63, 3.8) is 0 Å². The molecule has 1 aromatic carbocycles. The predicted octanol–water partition coefficient (Wildman–Crippen LogP) is 2.95. The molecule has 2 saturated heterocycles. The monoisotopic (exact) mass is 404 g/mol. The molecule has 160 valence electrons. The Labute approximate surface area is 173 Å². The van der Waals surface area contributed by atoms with Crippen molar-refractivity contribution in [1.82, 2.24) is 20.0 Å². The van der Waals surface area contributed by atoms with Crippen molar-refractivity contribution in [3.8, 4) is 0 Å². The van der Waals surface area contributed by atoms with E-state index >= 15 is 0 Å². The Morgan fingerprint density at radius 1 is 1.07 bits per heavy atom. The SMILES string of the molecule is CCCCN1CCCCC1CNC(=O)N1CCN(C(=O)c2ccccc2F)CC1. The van der Waals surface area contributed by atoms with E-state index in [1.54, 1.807) is 21.9 Å². The molecule has 2 heterocycles. The zero-order chi connectivity index (χ0) is 20.6. The summed E-state index contributed by atoms with van der Waals surface area (Å²) in [6, 6.07) is 6.39. The molecule has 0 spiro atoms. The zero-order valence-corrected chi connectivity index (χ0v) is 17.4. The molecule has 29 heavy (non-hydrogen) atoms. The molecule has 2 aliphatic heterocycles. The zero-order valence-electron chi connectivity index (χ0n) is 17.4. The smallest absolute Gasteiger partial charge is 0.317 e. The van der Waals surface area contributed by atoms with Crippen molar-refractivity contribution in [2.45, 2.75) is 45.1 Å². The summed E-state index contributed by atoms with van der Waals surface area (Å²) in [6.07, 6.45) is 5.98. The summed E-state index contributed by atoms with van der Waals surface area (Å²) < 4.78 is 13.9. The lowest BCUT2D eigenvalue weighted by atomic mass is 10.0. The molecule has 6 nitrogen and oxygen atoms in total. The van der Waals surface area contributed by atoms with Crippen LogP contribution in [0, 0.1) is 5.82 Å². The van der Waals surface area contributed by atoms with E-state index < -0.39 is 5.82 Å². The van der Waals surface area contributed by atoms with Gasteiger partial charge in [-0.2, -0.15) is 0 Å². The second-order valence-electron chi connectivity index (χ2n) is 7.98. The summed E-state index contributed by atoms with van der Waals surface area (Å²) in [5.41, 5.74) is 0.0925. The first-order valence-corrected chi connectivity index (χ1v) is 10.9. The molecule has 1 N–H and O–H groups in total. The maximum Gasteiger partial charge on any atom is 0.317 e. The molecule has 1 aromatic rings. The van der Waals surface area contributed by atoms with E-state index in [4.69, 9.17) is 0 Å². The number of piperazine rings is 1. The minimum Gasteiger partial charge on any atom is -0.336 e. The van der Waals surface area contributed by atoms with E-state index in [-0.39, 0.29) is 17.5 Å². The van der Waals surface area contributed by atoms with Gasteiger partial charge in [0.1, 0.15) is 5.82 Å². The predicted molar refractivity (Wildman–Crippen MR) is 111 cm³/mol. The standard InChI is InChI=1S/C22H33FN4O2/c1-2-3-11-25-12-7-6-8-18(25)17-24-22(29)27-15-13-26(14-16-27)21(28)19-9-4-5-10-20(19)23/h4-5,9-10,18H,2-3,6-8,11-17H2,1H3,(H,24,29). The van der Waals surface area contributed by atoms with Crippen molar-refractivity contribution in [3.05, 3.63) is 35.6 Å². The number of hydrogen-bond acceptors (Lipinski definition) is 3. The second-order valence-corrected chi connectivity index (χ2v) is 7.98. The molecule has 2 aliphatic rings. The number of hydrogen-bond donors (Lipinski definition) is 1. The van der Waals surface area contributed by atoms with Gasteiger partial charge in [0, 0.05) is 38.8 Å². The van der Waals surface area contributed by atoms with Gasteiger partial charge in [-0.15, -0.1) is 0 Å². The lowest BCUT2D eigenvalue weighted by Crippen LogP contribution is -2.55. The third-order valence-corrected chi connectivity index (χ3v) is 6.00. The van der Waals surface area contributed by atoms with Crippen LogP contribution in [0.5, 0.6) is 0 Å². The molecule has 3 rings (SSSR count). The Morgan fingerprint density at radius 2 is 1.79 bits per heavy atom. The number of nitrogens with one attached hydrogen (secondary N) is 1. The minimum absolute atomic E-state index is 0.0657. The van der Waals surface area contributed by atoms with Crippen LogP contribution in [0.3, 0.4) is 0 Å². The molecule has 0 aromatic heterocycles. The van der Waals surface area contributed by atoms with E-state index in [0.29, 0.717) is 38.8 Å². The Morgan fingerprint density at radius 3 is 2.52 bits per heavy atom. The lowest BCUT2D eigenvalue weighted by Gasteiger charge is -2.37. The van der Waals surface area contributed by atoms with Crippen LogP contribution in [0.2, 0.25) is 0 Å². The number of likely N-dealkylation sites (tertiary alicyclic amines) is 1. The number of rotatable bonds is 6. The van der Waals surface area contributed by atoms with E-state index in [9.17, 15) is 14.0 Å². The van der Waals surface area contributed by atoms with Gasteiger partial charge in [0.25, 0.3) is 5.91 Å². The van der Waals surface area contributed by atoms with E-state index in [2.05, 4.69) is 17.1 Å². The molecule has 7 heteroatoms.